The van der Waals surface area contributed by atoms with E-state index in [0.29, 0.717) is 0 Å². The number of hydrogen-bond donors (Lipinski definition) is 1. The van der Waals surface area contributed by atoms with E-state index < -0.39 is 0 Å². The van der Waals surface area contributed by atoms with E-state index in [2.05, 4.69) is 17.1 Å². The van der Waals surface area contributed by atoms with E-state index >= 15 is 0 Å². The molecule has 0 unspecified atom stereocenters. The van der Waals surface area contributed by atoms with Crippen LogP contribution in [0.3, 0.4) is 0 Å². The van der Waals surface area contributed by atoms with Crippen molar-refractivity contribution in [2.24, 2.45) is 5.10 Å². The van der Waals surface area contributed by atoms with E-state index in [1.807, 2.05) is 24.3 Å². The van der Waals surface area contributed by atoms with Crippen molar-refractivity contribution in [3.8, 4) is 0 Å². The van der Waals surface area contributed by atoms with Crippen molar-refractivity contribution in [3.05, 3.63) is 42.0 Å². The second-order valence-electron chi connectivity index (χ2n) is 2.44. The smallest absolute Gasteiger partial charge is 0.0569 e. The SMILES string of the molecule is C=C1NN=Cc2ccccc21. The molecule has 0 aromatic heterocycles. The summed E-state index contributed by atoms with van der Waals surface area (Å²) in [5.41, 5.74) is 5.93. The molecule has 0 amide bonds. The van der Waals surface area contributed by atoms with E-state index in [-0.39, 0.29) is 0 Å². The lowest BCUT2D eigenvalue weighted by molar-refractivity contribution is 0.989. The zero-order valence-electron chi connectivity index (χ0n) is 6.04. The van der Waals surface area contributed by atoms with E-state index in [0.717, 1.165) is 16.8 Å². The van der Waals surface area contributed by atoms with Gasteiger partial charge in [0.2, 0.25) is 0 Å². The summed E-state index contributed by atoms with van der Waals surface area (Å²) in [7, 11) is 0. The molecule has 1 heterocycles. The van der Waals surface area contributed by atoms with Crippen molar-refractivity contribution in [1.29, 1.82) is 0 Å². The van der Waals surface area contributed by atoms with Crippen LogP contribution in [0.1, 0.15) is 11.1 Å². The molecule has 2 nitrogen and oxygen atoms in total. The fourth-order valence-corrected chi connectivity index (χ4v) is 1.12. The monoisotopic (exact) mass is 144 g/mol. The van der Waals surface area contributed by atoms with Crippen LogP contribution in [0.2, 0.25) is 0 Å². The molecule has 0 atom stereocenters. The van der Waals surface area contributed by atoms with E-state index in [1.165, 1.54) is 0 Å². The molecule has 1 aliphatic rings. The molecule has 0 radical (unpaired) electrons. The minimum absolute atomic E-state index is 0.864. The van der Waals surface area contributed by atoms with Gasteiger partial charge in [-0.2, -0.15) is 5.10 Å². The van der Waals surface area contributed by atoms with Gasteiger partial charge < -0.3 is 0 Å². The van der Waals surface area contributed by atoms with Crippen molar-refractivity contribution in [2.45, 2.75) is 0 Å². The summed E-state index contributed by atoms with van der Waals surface area (Å²) in [5, 5.41) is 3.92. The second-order valence-corrected chi connectivity index (χ2v) is 2.44. The lowest BCUT2D eigenvalue weighted by Crippen LogP contribution is -2.10. The predicted octanol–water partition coefficient (Wildman–Crippen LogP) is 1.59. The fourth-order valence-electron chi connectivity index (χ4n) is 1.12. The summed E-state index contributed by atoms with van der Waals surface area (Å²) >= 11 is 0. The molecular formula is C9H8N2. The summed E-state index contributed by atoms with van der Waals surface area (Å²) in [4.78, 5) is 0. The molecule has 54 valence electrons. The largest absolute Gasteiger partial charge is 0.278 e. The summed E-state index contributed by atoms with van der Waals surface area (Å²) < 4.78 is 0. The molecule has 0 aliphatic carbocycles. The lowest BCUT2D eigenvalue weighted by atomic mass is 10.1. The molecule has 2 rings (SSSR count). The van der Waals surface area contributed by atoms with Gasteiger partial charge in [0.25, 0.3) is 0 Å². The van der Waals surface area contributed by atoms with Crippen LogP contribution in [0.25, 0.3) is 5.70 Å². The Kier molecular flexibility index (Phi) is 1.25. The molecule has 0 saturated heterocycles. The number of nitrogens with zero attached hydrogens (tertiary/aromatic N) is 1. The van der Waals surface area contributed by atoms with Crippen molar-refractivity contribution < 1.29 is 0 Å². The quantitative estimate of drug-likeness (QED) is 0.587. The third-order valence-corrected chi connectivity index (χ3v) is 1.69. The summed E-state index contributed by atoms with van der Waals surface area (Å²) in [6, 6.07) is 8.02. The van der Waals surface area contributed by atoms with Crippen LogP contribution in [0.5, 0.6) is 0 Å². The highest BCUT2D eigenvalue weighted by Crippen LogP contribution is 2.16. The van der Waals surface area contributed by atoms with Crippen LogP contribution in [0.15, 0.2) is 35.9 Å². The normalized spacial score (nSPS) is 14.0. The Labute approximate surface area is 65.2 Å². The fraction of sp³-hybridized carbons (Fsp3) is 0. The maximum absolute atomic E-state index is 3.92. The van der Waals surface area contributed by atoms with Gasteiger partial charge in [-0.15, -0.1) is 0 Å². The first-order valence-electron chi connectivity index (χ1n) is 3.45. The first-order valence-corrected chi connectivity index (χ1v) is 3.45. The Morgan fingerprint density at radius 1 is 1.27 bits per heavy atom. The molecule has 1 aliphatic heterocycles. The Morgan fingerprint density at radius 2 is 2.09 bits per heavy atom. The van der Waals surface area contributed by atoms with E-state index in [1.54, 1.807) is 6.21 Å². The van der Waals surface area contributed by atoms with Crippen LogP contribution in [0, 0.1) is 0 Å². The van der Waals surface area contributed by atoms with Crippen LogP contribution >= 0.6 is 0 Å². The topological polar surface area (TPSA) is 24.4 Å². The highest BCUT2D eigenvalue weighted by Gasteiger charge is 2.05. The Morgan fingerprint density at radius 3 is 2.91 bits per heavy atom. The number of nitrogens with one attached hydrogen (secondary N) is 1. The molecule has 11 heavy (non-hydrogen) atoms. The van der Waals surface area contributed by atoms with Gasteiger partial charge >= 0.3 is 0 Å². The van der Waals surface area contributed by atoms with Gasteiger partial charge in [0, 0.05) is 11.1 Å². The second kappa shape index (κ2) is 2.23. The highest BCUT2D eigenvalue weighted by atomic mass is 15.3. The molecule has 2 heteroatoms. The predicted molar refractivity (Wildman–Crippen MR) is 46.2 cm³/mol. The summed E-state index contributed by atoms with van der Waals surface area (Å²) in [6.45, 7) is 3.83. The minimum atomic E-state index is 0.864. The Bertz CT molecular complexity index is 326. The molecule has 0 fully saturated rings. The third kappa shape index (κ3) is 0.923. The lowest BCUT2D eigenvalue weighted by Gasteiger charge is -2.12. The van der Waals surface area contributed by atoms with Gasteiger partial charge in [0.05, 0.1) is 11.9 Å². The number of fused-ring (bicyclic) bond motifs is 1. The van der Waals surface area contributed by atoms with Gasteiger partial charge in [-0.1, -0.05) is 30.8 Å². The summed E-state index contributed by atoms with van der Waals surface area (Å²) in [5.74, 6) is 0. The van der Waals surface area contributed by atoms with Gasteiger partial charge in [0.1, 0.15) is 0 Å². The molecule has 0 bridgehead atoms. The Balaban J connectivity index is 2.63. The first-order chi connectivity index (χ1) is 5.38. The molecular weight excluding hydrogens is 136 g/mol. The van der Waals surface area contributed by atoms with E-state index in [9.17, 15) is 0 Å². The van der Waals surface area contributed by atoms with Gasteiger partial charge in [0.15, 0.2) is 0 Å². The molecule has 1 aromatic carbocycles. The zero-order chi connectivity index (χ0) is 7.68. The average molecular weight is 144 g/mol. The standard InChI is InChI=1S/C9H8N2/c1-7-9-5-3-2-4-8(9)6-10-11-7/h2-6,11H,1H2. The van der Waals surface area contributed by atoms with Gasteiger partial charge in [-0.05, 0) is 0 Å². The van der Waals surface area contributed by atoms with Crippen LogP contribution in [0.4, 0.5) is 0 Å². The van der Waals surface area contributed by atoms with Crippen LogP contribution < -0.4 is 5.43 Å². The number of hydrazone groups is 1. The molecule has 1 N–H and O–H groups in total. The third-order valence-electron chi connectivity index (χ3n) is 1.69. The van der Waals surface area contributed by atoms with Crippen LogP contribution in [-0.2, 0) is 0 Å². The summed E-state index contributed by atoms with van der Waals surface area (Å²) in [6.07, 6.45) is 1.80. The molecule has 1 aromatic rings. The highest BCUT2D eigenvalue weighted by molar-refractivity contribution is 5.90. The van der Waals surface area contributed by atoms with Crippen LogP contribution in [-0.4, -0.2) is 6.21 Å². The van der Waals surface area contributed by atoms with Crippen molar-refractivity contribution in [1.82, 2.24) is 5.43 Å². The maximum atomic E-state index is 3.92. The molecule has 0 saturated carbocycles. The number of rotatable bonds is 0. The van der Waals surface area contributed by atoms with E-state index in [4.69, 9.17) is 0 Å². The maximum Gasteiger partial charge on any atom is 0.0569 e. The minimum Gasteiger partial charge on any atom is -0.278 e. The Hall–Kier alpha value is -1.57. The first kappa shape index (κ1) is 6.16. The number of hydrogen-bond acceptors (Lipinski definition) is 2. The average Bonchev–Trinajstić information content (AvgIpc) is 2.06. The van der Waals surface area contributed by atoms with Crippen molar-refractivity contribution in [2.75, 3.05) is 0 Å². The van der Waals surface area contributed by atoms with Gasteiger partial charge in [-0.3, -0.25) is 5.43 Å². The number of benzene rings is 1. The van der Waals surface area contributed by atoms with Crippen molar-refractivity contribution >= 4 is 11.9 Å². The van der Waals surface area contributed by atoms with Gasteiger partial charge in [-0.25, -0.2) is 0 Å². The van der Waals surface area contributed by atoms with Crippen molar-refractivity contribution in [3.63, 3.8) is 0 Å². The molecule has 0 spiro atoms. The zero-order valence-corrected chi connectivity index (χ0v) is 6.04.